The van der Waals surface area contributed by atoms with E-state index in [0.29, 0.717) is 16.1 Å². The Balaban J connectivity index is 2.05. The molecular formula is C10H8ClN3OS. The van der Waals surface area contributed by atoms with Crippen molar-refractivity contribution in [2.24, 2.45) is 0 Å². The molecule has 16 heavy (non-hydrogen) atoms. The molecule has 0 fully saturated rings. The van der Waals surface area contributed by atoms with Crippen LogP contribution in [0.2, 0.25) is 5.15 Å². The van der Waals surface area contributed by atoms with E-state index >= 15 is 0 Å². The Morgan fingerprint density at radius 1 is 1.31 bits per heavy atom. The lowest BCUT2D eigenvalue weighted by atomic mass is 10.3. The molecule has 0 aliphatic heterocycles. The molecule has 0 amide bonds. The first kappa shape index (κ1) is 11.2. The van der Waals surface area contributed by atoms with Crippen molar-refractivity contribution >= 4 is 23.4 Å². The van der Waals surface area contributed by atoms with Crippen molar-refractivity contribution < 1.29 is 0 Å². The molecule has 2 heterocycles. The number of nitrogens with one attached hydrogen (secondary N) is 1. The fourth-order valence-electron chi connectivity index (χ4n) is 1.11. The molecule has 4 nitrogen and oxygen atoms in total. The second-order valence-corrected chi connectivity index (χ2v) is 4.37. The van der Waals surface area contributed by atoms with Gasteiger partial charge >= 0.3 is 0 Å². The van der Waals surface area contributed by atoms with Gasteiger partial charge in [-0.1, -0.05) is 23.4 Å². The number of H-pyrrole nitrogens is 1. The number of pyridine rings is 1. The average Bonchev–Trinajstić information content (AvgIpc) is 2.27. The summed E-state index contributed by atoms with van der Waals surface area (Å²) in [5.74, 6) is 0.690. The molecule has 6 heteroatoms. The van der Waals surface area contributed by atoms with Crippen LogP contribution in [0.25, 0.3) is 0 Å². The summed E-state index contributed by atoms with van der Waals surface area (Å²) in [7, 11) is 0. The number of aromatic amines is 1. The molecule has 0 saturated heterocycles. The van der Waals surface area contributed by atoms with E-state index in [1.807, 2.05) is 6.07 Å². The van der Waals surface area contributed by atoms with Crippen molar-refractivity contribution in [1.82, 2.24) is 15.0 Å². The molecule has 0 aliphatic carbocycles. The van der Waals surface area contributed by atoms with E-state index in [9.17, 15) is 4.79 Å². The van der Waals surface area contributed by atoms with Gasteiger partial charge in [0, 0.05) is 24.2 Å². The smallest absolute Gasteiger partial charge is 0.251 e. The second kappa shape index (κ2) is 5.14. The lowest BCUT2D eigenvalue weighted by Gasteiger charge is -2.00. The fourth-order valence-corrected chi connectivity index (χ4v) is 2.10. The number of rotatable bonds is 3. The van der Waals surface area contributed by atoms with Crippen LogP contribution in [0.3, 0.4) is 0 Å². The standard InChI is InChI=1S/C10H8ClN3OS/c11-8-5-7(1-3-12-8)6-16-10-13-4-2-9(15)14-10/h1-5H,6H2,(H,13,14,15). The van der Waals surface area contributed by atoms with Crippen LogP contribution < -0.4 is 5.56 Å². The highest BCUT2D eigenvalue weighted by molar-refractivity contribution is 7.98. The van der Waals surface area contributed by atoms with E-state index in [1.54, 1.807) is 12.3 Å². The lowest BCUT2D eigenvalue weighted by Crippen LogP contribution is -2.05. The summed E-state index contributed by atoms with van der Waals surface area (Å²) >= 11 is 7.20. The topological polar surface area (TPSA) is 58.6 Å². The first-order chi connectivity index (χ1) is 7.74. The molecule has 2 rings (SSSR count). The number of hydrogen-bond donors (Lipinski definition) is 1. The predicted molar refractivity (Wildman–Crippen MR) is 63.7 cm³/mol. The maximum atomic E-state index is 11.0. The Bertz CT molecular complexity index is 543. The highest BCUT2D eigenvalue weighted by Gasteiger charge is 1.99. The van der Waals surface area contributed by atoms with Crippen LogP contribution in [0.15, 0.2) is 40.5 Å². The molecule has 0 spiro atoms. The molecule has 2 aromatic rings. The summed E-state index contributed by atoms with van der Waals surface area (Å²) in [5, 5.41) is 1.06. The fraction of sp³-hybridized carbons (Fsp3) is 0.100. The normalized spacial score (nSPS) is 10.3. The Hall–Kier alpha value is -1.33. The van der Waals surface area contributed by atoms with Gasteiger partial charge in [0.15, 0.2) is 5.16 Å². The second-order valence-electron chi connectivity index (χ2n) is 3.01. The van der Waals surface area contributed by atoms with Gasteiger partial charge in [0.2, 0.25) is 0 Å². The Morgan fingerprint density at radius 2 is 2.12 bits per heavy atom. The van der Waals surface area contributed by atoms with E-state index in [4.69, 9.17) is 11.6 Å². The minimum absolute atomic E-state index is 0.148. The molecule has 0 aromatic carbocycles. The van der Waals surface area contributed by atoms with Crippen LogP contribution in [-0.4, -0.2) is 15.0 Å². The third-order valence-electron chi connectivity index (χ3n) is 1.81. The first-order valence-corrected chi connectivity index (χ1v) is 5.89. The van der Waals surface area contributed by atoms with E-state index in [1.165, 1.54) is 24.0 Å². The van der Waals surface area contributed by atoms with Crippen LogP contribution in [0.4, 0.5) is 0 Å². The molecule has 0 bridgehead atoms. The number of halogens is 1. The molecular weight excluding hydrogens is 246 g/mol. The number of hydrogen-bond acceptors (Lipinski definition) is 4. The van der Waals surface area contributed by atoms with Crippen LogP contribution in [-0.2, 0) is 5.75 Å². The maximum absolute atomic E-state index is 11.0. The van der Waals surface area contributed by atoms with Crippen molar-refractivity contribution in [1.29, 1.82) is 0 Å². The van der Waals surface area contributed by atoms with Gasteiger partial charge in [0.05, 0.1) is 0 Å². The zero-order valence-electron chi connectivity index (χ0n) is 8.18. The minimum atomic E-state index is -0.148. The van der Waals surface area contributed by atoms with Crippen LogP contribution in [0.5, 0.6) is 0 Å². The molecule has 1 N–H and O–H groups in total. The Morgan fingerprint density at radius 3 is 2.88 bits per heavy atom. The number of thioether (sulfide) groups is 1. The van der Waals surface area contributed by atoms with Crippen molar-refractivity contribution in [2.75, 3.05) is 0 Å². The van der Waals surface area contributed by atoms with Crippen molar-refractivity contribution in [3.05, 3.63) is 51.7 Å². The quantitative estimate of drug-likeness (QED) is 0.517. The van der Waals surface area contributed by atoms with Crippen LogP contribution >= 0.6 is 23.4 Å². The predicted octanol–water partition coefficient (Wildman–Crippen LogP) is 2.11. The van der Waals surface area contributed by atoms with Crippen LogP contribution in [0, 0.1) is 0 Å². The van der Waals surface area contributed by atoms with Gasteiger partial charge in [0.1, 0.15) is 5.15 Å². The van der Waals surface area contributed by atoms with Gasteiger partial charge in [-0.05, 0) is 17.7 Å². The van der Waals surface area contributed by atoms with Crippen molar-refractivity contribution in [3.63, 3.8) is 0 Å². The van der Waals surface area contributed by atoms with Gasteiger partial charge in [0.25, 0.3) is 5.56 Å². The third-order valence-corrected chi connectivity index (χ3v) is 2.98. The monoisotopic (exact) mass is 253 g/mol. The van der Waals surface area contributed by atoms with E-state index < -0.39 is 0 Å². The molecule has 0 atom stereocenters. The van der Waals surface area contributed by atoms with Crippen molar-refractivity contribution in [3.8, 4) is 0 Å². The number of nitrogens with zero attached hydrogens (tertiary/aromatic N) is 2. The van der Waals surface area contributed by atoms with Crippen molar-refractivity contribution in [2.45, 2.75) is 10.9 Å². The van der Waals surface area contributed by atoms with Gasteiger partial charge in [-0.15, -0.1) is 0 Å². The summed E-state index contributed by atoms with van der Waals surface area (Å²) in [5.41, 5.74) is 0.891. The Labute approximate surface area is 101 Å². The first-order valence-electron chi connectivity index (χ1n) is 4.52. The zero-order chi connectivity index (χ0) is 11.4. The van der Waals surface area contributed by atoms with E-state index in [2.05, 4.69) is 15.0 Å². The van der Waals surface area contributed by atoms with E-state index in [0.717, 1.165) is 5.56 Å². The molecule has 2 aromatic heterocycles. The van der Waals surface area contributed by atoms with Gasteiger partial charge in [-0.25, -0.2) is 9.97 Å². The summed E-state index contributed by atoms with van der Waals surface area (Å²) in [4.78, 5) is 21.6. The molecule has 0 saturated carbocycles. The summed E-state index contributed by atoms with van der Waals surface area (Å²) in [6, 6.07) is 5.04. The molecule has 0 unspecified atom stereocenters. The average molecular weight is 254 g/mol. The molecule has 0 aliphatic rings. The highest BCUT2D eigenvalue weighted by Crippen LogP contribution is 2.18. The summed E-state index contributed by atoms with van der Waals surface area (Å²) in [6.07, 6.45) is 3.14. The summed E-state index contributed by atoms with van der Waals surface area (Å²) in [6.45, 7) is 0. The third kappa shape index (κ3) is 3.08. The number of aromatic nitrogens is 3. The Kier molecular flexibility index (Phi) is 3.58. The largest absolute Gasteiger partial charge is 0.301 e. The highest BCUT2D eigenvalue weighted by atomic mass is 35.5. The zero-order valence-corrected chi connectivity index (χ0v) is 9.76. The van der Waals surface area contributed by atoms with Gasteiger partial charge < -0.3 is 4.98 Å². The van der Waals surface area contributed by atoms with E-state index in [-0.39, 0.29) is 5.56 Å². The van der Waals surface area contributed by atoms with Gasteiger partial charge in [-0.3, -0.25) is 4.79 Å². The molecule has 82 valence electrons. The lowest BCUT2D eigenvalue weighted by molar-refractivity contribution is 0.936. The maximum Gasteiger partial charge on any atom is 0.251 e. The SMILES string of the molecule is O=c1ccnc(SCc2ccnc(Cl)c2)[nH]1. The summed E-state index contributed by atoms with van der Waals surface area (Å²) < 4.78 is 0. The minimum Gasteiger partial charge on any atom is -0.301 e. The van der Waals surface area contributed by atoms with Gasteiger partial charge in [-0.2, -0.15) is 0 Å². The van der Waals surface area contributed by atoms with Crippen LogP contribution in [0.1, 0.15) is 5.56 Å². The molecule has 0 radical (unpaired) electrons.